The summed E-state index contributed by atoms with van der Waals surface area (Å²) >= 11 is 7.23. The Balaban J connectivity index is 2.18. The molecule has 0 bridgehead atoms. The van der Waals surface area contributed by atoms with Gasteiger partial charge in [-0.1, -0.05) is 23.4 Å². The summed E-state index contributed by atoms with van der Waals surface area (Å²) in [5.41, 5.74) is 2.41. The third kappa shape index (κ3) is 3.40. The molecule has 0 aliphatic rings. The average molecular weight is 306 g/mol. The Morgan fingerprint density at radius 2 is 2.25 bits per heavy atom. The molecule has 0 saturated carbocycles. The molecule has 1 amide bonds. The Hall–Kier alpha value is -1.80. The summed E-state index contributed by atoms with van der Waals surface area (Å²) in [6, 6.07) is 7.13. The van der Waals surface area contributed by atoms with Crippen LogP contribution >= 0.6 is 22.9 Å². The second-order valence-electron chi connectivity index (χ2n) is 4.04. The van der Waals surface area contributed by atoms with E-state index < -0.39 is 0 Å². The van der Waals surface area contributed by atoms with Crippen LogP contribution in [0.3, 0.4) is 0 Å². The summed E-state index contributed by atoms with van der Waals surface area (Å²) in [6.07, 6.45) is 0. The van der Waals surface area contributed by atoms with Crippen molar-refractivity contribution in [1.82, 2.24) is 0 Å². The molecule has 2 N–H and O–H groups in total. The number of aliphatic hydroxyl groups excluding tert-OH is 1. The van der Waals surface area contributed by atoms with Gasteiger partial charge in [-0.05, 0) is 42.1 Å². The van der Waals surface area contributed by atoms with E-state index in [-0.39, 0.29) is 12.5 Å². The largest absolute Gasteiger partial charge is 0.384 e. The van der Waals surface area contributed by atoms with Gasteiger partial charge in [0.25, 0.3) is 5.91 Å². The second-order valence-corrected chi connectivity index (χ2v) is 5.36. The number of rotatable bonds is 2. The quantitative estimate of drug-likeness (QED) is 0.836. The number of amides is 1. The van der Waals surface area contributed by atoms with Crippen molar-refractivity contribution in [2.75, 3.05) is 11.9 Å². The van der Waals surface area contributed by atoms with Crippen LogP contribution in [-0.2, 0) is 0 Å². The molecule has 1 aromatic carbocycles. The first-order valence-corrected chi connectivity index (χ1v) is 7.12. The maximum absolute atomic E-state index is 12.1. The Kier molecular flexibility index (Phi) is 4.80. The van der Waals surface area contributed by atoms with E-state index in [0.29, 0.717) is 15.6 Å². The third-order valence-corrected chi connectivity index (χ3v) is 3.95. The van der Waals surface area contributed by atoms with E-state index in [4.69, 9.17) is 16.7 Å². The molecular formula is C15H12ClNO2S. The molecule has 0 radical (unpaired) electrons. The first kappa shape index (κ1) is 14.6. The molecule has 0 saturated heterocycles. The predicted molar refractivity (Wildman–Crippen MR) is 82.4 cm³/mol. The van der Waals surface area contributed by atoms with Crippen molar-refractivity contribution in [2.24, 2.45) is 0 Å². The molecule has 2 rings (SSSR count). The van der Waals surface area contributed by atoms with Gasteiger partial charge in [0.15, 0.2) is 0 Å². The number of nitrogens with one attached hydrogen (secondary N) is 1. The number of hydrogen-bond donors (Lipinski definition) is 2. The summed E-state index contributed by atoms with van der Waals surface area (Å²) in [5.74, 6) is 5.18. The van der Waals surface area contributed by atoms with Gasteiger partial charge in [-0.3, -0.25) is 4.79 Å². The third-order valence-electron chi connectivity index (χ3n) is 2.61. The molecular weight excluding hydrogens is 294 g/mol. The fraction of sp³-hybridized carbons (Fsp3) is 0.133. The first-order chi connectivity index (χ1) is 9.61. The van der Waals surface area contributed by atoms with Crippen LogP contribution in [0.2, 0.25) is 5.02 Å². The highest BCUT2D eigenvalue weighted by atomic mass is 35.5. The molecule has 0 unspecified atom stereocenters. The molecule has 102 valence electrons. The monoisotopic (exact) mass is 305 g/mol. The molecule has 0 fully saturated rings. The van der Waals surface area contributed by atoms with Gasteiger partial charge in [0, 0.05) is 11.3 Å². The highest BCUT2D eigenvalue weighted by Crippen LogP contribution is 2.24. The minimum Gasteiger partial charge on any atom is -0.384 e. The lowest BCUT2D eigenvalue weighted by molar-refractivity contribution is 0.103. The van der Waals surface area contributed by atoms with Gasteiger partial charge in [-0.25, -0.2) is 0 Å². The summed E-state index contributed by atoms with van der Waals surface area (Å²) in [6.45, 7) is 1.71. The van der Waals surface area contributed by atoms with Crippen molar-refractivity contribution in [1.29, 1.82) is 0 Å². The summed E-state index contributed by atoms with van der Waals surface area (Å²) in [5, 5.41) is 13.7. The zero-order valence-corrected chi connectivity index (χ0v) is 12.3. The lowest BCUT2D eigenvalue weighted by Gasteiger charge is -2.08. The SMILES string of the molecule is Cc1cc(C#CCO)ccc1NC(=O)c1sccc1Cl. The van der Waals surface area contributed by atoms with Crippen molar-refractivity contribution < 1.29 is 9.90 Å². The van der Waals surface area contributed by atoms with Crippen LogP contribution in [0.1, 0.15) is 20.8 Å². The highest BCUT2D eigenvalue weighted by molar-refractivity contribution is 7.12. The maximum atomic E-state index is 12.1. The van der Waals surface area contributed by atoms with Crippen LogP contribution in [0.4, 0.5) is 5.69 Å². The van der Waals surface area contributed by atoms with Crippen LogP contribution in [0.5, 0.6) is 0 Å². The van der Waals surface area contributed by atoms with Crippen molar-refractivity contribution in [3.05, 3.63) is 50.7 Å². The summed E-state index contributed by atoms with van der Waals surface area (Å²) in [7, 11) is 0. The topological polar surface area (TPSA) is 49.3 Å². The van der Waals surface area contributed by atoms with Gasteiger partial charge in [0.2, 0.25) is 0 Å². The lowest BCUT2D eigenvalue weighted by Crippen LogP contribution is -2.11. The van der Waals surface area contributed by atoms with Gasteiger partial charge in [-0.15, -0.1) is 11.3 Å². The molecule has 0 spiro atoms. The Bertz CT molecular complexity index is 697. The Morgan fingerprint density at radius 3 is 2.85 bits per heavy atom. The second kappa shape index (κ2) is 6.58. The van der Waals surface area contributed by atoms with E-state index >= 15 is 0 Å². The Labute approximate surface area is 126 Å². The summed E-state index contributed by atoms with van der Waals surface area (Å²) in [4.78, 5) is 12.6. The smallest absolute Gasteiger partial charge is 0.267 e. The van der Waals surface area contributed by atoms with E-state index in [0.717, 1.165) is 11.1 Å². The fourth-order valence-electron chi connectivity index (χ4n) is 1.66. The number of benzene rings is 1. The maximum Gasteiger partial charge on any atom is 0.267 e. The molecule has 2 aromatic rings. The lowest BCUT2D eigenvalue weighted by atomic mass is 10.1. The number of thiophene rings is 1. The molecule has 1 aromatic heterocycles. The van der Waals surface area contributed by atoms with E-state index in [2.05, 4.69) is 17.2 Å². The van der Waals surface area contributed by atoms with Crippen molar-refractivity contribution in [3.63, 3.8) is 0 Å². The number of aryl methyl sites for hydroxylation is 1. The average Bonchev–Trinajstić information content (AvgIpc) is 2.85. The van der Waals surface area contributed by atoms with Crippen LogP contribution < -0.4 is 5.32 Å². The minimum atomic E-state index is -0.220. The zero-order chi connectivity index (χ0) is 14.5. The van der Waals surface area contributed by atoms with E-state index in [1.807, 2.05) is 13.0 Å². The molecule has 20 heavy (non-hydrogen) atoms. The van der Waals surface area contributed by atoms with Gasteiger partial charge >= 0.3 is 0 Å². The van der Waals surface area contributed by atoms with Gasteiger partial charge in [-0.2, -0.15) is 0 Å². The highest BCUT2D eigenvalue weighted by Gasteiger charge is 2.12. The number of carbonyl (C=O) groups is 1. The molecule has 5 heteroatoms. The molecule has 0 aliphatic carbocycles. The number of carbonyl (C=O) groups excluding carboxylic acids is 1. The van der Waals surface area contributed by atoms with Crippen molar-refractivity contribution >= 4 is 34.5 Å². The van der Waals surface area contributed by atoms with Crippen LogP contribution in [0, 0.1) is 18.8 Å². The standard InChI is InChI=1S/C15H12ClNO2S/c1-10-9-11(3-2-7-18)4-5-13(10)17-15(19)14-12(16)6-8-20-14/h4-6,8-9,18H,7H2,1H3,(H,17,19). The number of halogens is 1. The number of hydrogen-bond acceptors (Lipinski definition) is 3. The fourth-order valence-corrected chi connectivity index (χ4v) is 2.69. The van der Waals surface area contributed by atoms with E-state index in [1.54, 1.807) is 23.6 Å². The van der Waals surface area contributed by atoms with Crippen LogP contribution in [0.15, 0.2) is 29.6 Å². The van der Waals surface area contributed by atoms with E-state index in [1.165, 1.54) is 11.3 Å². The number of anilines is 1. The zero-order valence-electron chi connectivity index (χ0n) is 10.7. The molecule has 3 nitrogen and oxygen atoms in total. The molecule has 0 atom stereocenters. The van der Waals surface area contributed by atoms with Crippen molar-refractivity contribution in [3.8, 4) is 11.8 Å². The number of aliphatic hydroxyl groups is 1. The van der Waals surface area contributed by atoms with Crippen LogP contribution in [0.25, 0.3) is 0 Å². The van der Waals surface area contributed by atoms with E-state index in [9.17, 15) is 4.79 Å². The van der Waals surface area contributed by atoms with Gasteiger partial charge in [0.1, 0.15) is 11.5 Å². The molecule has 1 heterocycles. The molecule has 0 aliphatic heterocycles. The Morgan fingerprint density at radius 1 is 1.45 bits per heavy atom. The van der Waals surface area contributed by atoms with Crippen LogP contribution in [-0.4, -0.2) is 17.6 Å². The van der Waals surface area contributed by atoms with Gasteiger partial charge < -0.3 is 10.4 Å². The minimum absolute atomic E-state index is 0.172. The predicted octanol–water partition coefficient (Wildman–Crippen LogP) is 3.31. The normalized spacial score (nSPS) is 9.75. The van der Waals surface area contributed by atoms with Crippen molar-refractivity contribution in [2.45, 2.75) is 6.92 Å². The summed E-state index contributed by atoms with van der Waals surface area (Å²) < 4.78 is 0. The van der Waals surface area contributed by atoms with Gasteiger partial charge in [0.05, 0.1) is 5.02 Å². The first-order valence-electron chi connectivity index (χ1n) is 5.86.